The number of imidazole rings is 1. The Morgan fingerprint density at radius 3 is 3.00 bits per heavy atom. The van der Waals surface area contributed by atoms with Crippen molar-refractivity contribution in [2.24, 2.45) is 0 Å². The summed E-state index contributed by atoms with van der Waals surface area (Å²) in [6.07, 6.45) is 2.71. The standard InChI is InChI=1S/C15H15ClN4O/c16-6-5-14-19-12-4-1-10(8-17)7-13(12)20(14)9-15(21)18-11-2-3-11/h1,4,7,11H,2-3,5-6,9H2,(H,18,21). The fourth-order valence-electron chi connectivity index (χ4n) is 2.34. The van der Waals surface area contributed by atoms with Gasteiger partial charge in [0.15, 0.2) is 0 Å². The summed E-state index contributed by atoms with van der Waals surface area (Å²) < 4.78 is 1.86. The highest BCUT2D eigenvalue weighted by Crippen LogP contribution is 2.21. The van der Waals surface area contributed by atoms with Crippen molar-refractivity contribution in [2.45, 2.75) is 31.8 Å². The number of hydrogen-bond donors (Lipinski definition) is 1. The predicted octanol–water partition coefficient (Wildman–Crippen LogP) is 1.97. The van der Waals surface area contributed by atoms with Gasteiger partial charge >= 0.3 is 0 Å². The van der Waals surface area contributed by atoms with Gasteiger partial charge in [-0.15, -0.1) is 11.6 Å². The highest BCUT2D eigenvalue weighted by molar-refractivity contribution is 6.17. The van der Waals surface area contributed by atoms with Gasteiger partial charge in [0.25, 0.3) is 0 Å². The summed E-state index contributed by atoms with van der Waals surface area (Å²) >= 11 is 5.82. The number of fused-ring (bicyclic) bond motifs is 1. The Morgan fingerprint density at radius 2 is 2.33 bits per heavy atom. The Balaban J connectivity index is 1.97. The van der Waals surface area contributed by atoms with E-state index in [1.807, 2.05) is 4.57 Å². The Morgan fingerprint density at radius 1 is 1.52 bits per heavy atom. The number of rotatable bonds is 5. The van der Waals surface area contributed by atoms with Gasteiger partial charge in [-0.2, -0.15) is 5.26 Å². The van der Waals surface area contributed by atoms with Gasteiger partial charge < -0.3 is 9.88 Å². The summed E-state index contributed by atoms with van der Waals surface area (Å²) in [5.41, 5.74) is 2.15. The molecule has 0 saturated heterocycles. The first-order chi connectivity index (χ1) is 10.2. The molecule has 0 radical (unpaired) electrons. The molecule has 1 fully saturated rings. The average molecular weight is 303 g/mol. The van der Waals surface area contributed by atoms with Crippen molar-refractivity contribution in [3.8, 4) is 6.07 Å². The van der Waals surface area contributed by atoms with Gasteiger partial charge in [0.05, 0.1) is 22.7 Å². The number of halogens is 1. The largest absolute Gasteiger partial charge is 0.352 e. The highest BCUT2D eigenvalue weighted by atomic mass is 35.5. The molecule has 1 amide bonds. The minimum absolute atomic E-state index is 0.0185. The maximum Gasteiger partial charge on any atom is 0.240 e. The van der Waals surface area contributed by atoms with E-state index in [4.69, 9.17) is 16.9 Å². The number of amides is 1. The van der Waals surface area contributed by atoms with Gasteiger partial charge in [0.2, 0.25) is 5.91 Å². The van der Waals surface area contributed by atoms with Crippen molar-refractivity contribution < 1.29 is 4.79 Å². The minimum Gasteiger partial charge on any atom is -0.352 e. The first-order valence-electron chi connectivity index (χ1n) is 6.96. The van der Waals surface area contributed by atoms with Crippen molar-refractivity contribution >= 4 is 28.5 Å². The summed E-state index contributed by atoms with van der Waals surface area (Å²) in [5, 5.41) is 12.0. The smallest absolute Gasteiger partial charge is 0.240 e. The van der Waals surface area contributed by atoms with Gasteiger partial charge in [-0.3, -0.25) is 4.79 Å². The van der Waals surface area contributed by atoms with Crippen LogP contribution in [0.1, 0.15) is 24.2 Å². The number of alkyl halides is 1. The molecule has 6 heteroatoms. The molecule has 0 atom stereocenters. The van der Waals surface area contributed by atoms with E-state index in [0.717, 1.165) is 29.7 Å². The molecule has 21 heavy (non-hydrogen) atoms. The van der Waals surface area contributed by atoms with Crippen LogP contribution in [0.2, 0.25) is 0 Å². The number of nitrogens with zero attached hydrogens (tertiary/aromatic N) is 3. The summed E-state index contributed by atoms with van der Waals surface area (Å²) in [7, 11) is 0. The molecule has 0 bridgehead atoms. The summed E-state index contributed by atoms with van der Waals surface area (Å²) in [5.74, 6) is 1.20. The van der Waals surface area contributed by atoms with E-state index in [2.05, 4.69) is 16.4 Å². The van der Waals surface area contributed by atoms with Crippen molar-refractivity contribution in [1.82, 2.24) is 14.9 Å². The summed E-state index contributed by atoms with van der Waals surface area (Å²) in [6.45, 7) is 0.216. The van der Waals surface area contributed by atoms with E-state index < -0.39 is 0 Å². The van der Waals surface area contributed by atoms with Gasteiger partial charge in [0, 0.05) is 18.3 Å². The second-order valence-electron chi connectivity index (χ2n) is 5.21. The number of hydrogen-bond acceptors (Lipinski definition) is 3. The van der Waals surface area contributed by atoms with Crippen LogP contribution in [0, 0.1) is 11.3 Å². The monoisotopic (exact) mass is 302 g/mol. The molecule has 1 saturated carbocycles. The molecular weight excluding hydrogens is 288 g/mol. The normalized spacial score (nSPS) is 14.1. The minimum atomic E-state index is -0.0185. The van der Waals surface area contributed by atoms with Crippen molar-refractivity contribution in [2.75, 3.05) is 5.88 Å². The Hall–Kier alpha value is -2.06. The van der Waals surface area contributed by atoms with Crippen LogP contribution < -0.4 is 5.32 Å². The fraction of sp³-hybridized carbons (Fsp3) is 0.400. The van der Waals surface area contributed by atoms with Crippen LogP contribution in [0.5, 0.6) is 0 Å². The first-order valence-corrected chi connectivity index (χ1v) is 7.49. The van der Waals surface area contributed by atoms with Crippen LogP contribution in [0.15, 0.2) is 18.2 Å². The van der Waals surface area contributed by atoms with Crippen LogP contribution in [-0.2, 0) is 17.8 Å². The lowest BCUT2D eigenvalue weighted by Gasteiger charge is -2.09. The number of aromatic nitrogens is 2. The molecule has 108 valence electrons. The number of aryl methyl sites for hydroxylation is 1. The SMILES string of the molecule is N#Cc1ccc2nc(CCCl)n(CC(=O)NC3CC3)c2c1. The maximum absolute atomic E-state index is 12.1. The molecule has 3 rings (SSSR count). The van der Waals surface area contributed by atoms with E-state index in [0.29, 0.717) is 23.9 Å². The van der Waals surface area contributed by atoms with Gasteiger partial charge in [-0.05, 0) is 31.0 Å². The third-order valence-corrected chi connectivity index (χ3v) is 3.71. The van der Waals surface area contributed by atoms with Crippen LogP contribution >= 0.6 is 11.6 Å². The molecule has 0 aliphatic heterocycles. The zero-order valence-corrected chi connectivity index (χ0v) is 12.2. The molecule has 1 aromatic carbocycles. The predicted molar refractivity (Wildman–Crippen MR) is 80.0 cm³/mol. The summed E-state index contributed by atoms with van der Waals surface area (Å²) in [6, 6.07) is 7.75. The molecule has 2 aromatic rings. The molecule has 5 nitrogen and oxygen atoms in total. The second kappa shape index (κ2) is 5.74. The molecule has 0 spiro atoms. The molecule has 1 heterocycles. The van der Waals surface area contributed by atoms with Crippen LogP contribution in [0.3, 0.4) is 0 Å². The van der Waals surface area contributed by atoms with E-state index in [-0.39, 0.29) is 12.5 Å². The van der Waals surface area contributed by atoms with Crippen molar-refractivity contribution in [1.29, 1.82) is 5.26 Å². The zero-order chi connectivity index (χ0) is 14.8. The number of benzene rings is 1. The maximum atomic E-state index is 12.1. The average Bonchev–Trinajstić information content (AvgIpc) is 3.22. The van der Waals surface area contributed by atoms with E-state index in [9.17, 15) is 4.79 Å². The number of carbonyl (C=O) groups excluding carboxylic acids is 1. The third-order valence-electron chi connectivity index (χ3n) is 3.52. The molecular formula is C15H15ClN4O. The van der Waals surface area contributed by atoms with Gasteiger partial charge in [-0.1, -0.05) is 0 Å². The van der Waals surface area contributed by atoms with Crippen molar-refractivity contribution in [3.05, 3.63) is 29.6 Å². The van der Waals surface area contributed by atoms with E-state index in [1.165, 1.54) is 0 Å². The summed E-state index contributed by atoms with van der Waals surface area (Å²) in [4.78, 5) is 16.6. The molecule has 1 aliphatic rings. The highest BCUT2D eigenvalue weighted by Gasteiger charge is 2.24. The van der Waals surface area contributed by atoms with Crippen LogP contribution in [-0.4, -0.2) is 27.4 Å². The molecule has 1 aliphatic carbocycles. The van der Waals surface area contributed by atoms with Crippen molar-refractivity contribution in [3.63, 3.8) is 0 Å². The third kappa shape index (κ3) is 3.01. The fourth-order valence-corrected chi connectivity index (χ4v) is 2.51. The lowest BCUT2D eigenvalue weighted by atomic mass is 10.2. The number of nitriles is 1. The lowest BCUT2D eigenvalue weighted by molar-refractivity contribution is -0.121. The van der Waals surface area contributed by atoms with E-state index in [1.54, 1.807) is 18.2 Å². The zero-order valence-electron chi connectivity index (χ0n) is 11.5. The quantitative estimate of drug-likeness (QED) is 0.858. The molecule has 0 unspecified atom stereocenters. The van der Waals surface area contributed by atoms with Crippen LogP contribution in [0.25, 0.3) is 11.0 Å². The molecule has 1 N–H and O–H groups in total. The Kier molecular flexibility index (Phi) is 3.80. The second-order valence-corrected chi connectivity index (χ2v) is 5.59. The van der Waals surface area contributed by atoms with Gasteiger partial charge in [0.1, 0.15) is 12.4 Å². The Labute approximate surface area is 127 Å². The van der Waals surface area contributed by atoms with Gasteiger partial charge in [-0.25, -0.2) is 4.98 Å². The van der Waals surface area contributed by atoms with E-state index >= 15 is 0 Å². The lowest BCUT2D eigenvalue weighted by Crippen LogP contribution is -2.29. The van der Waals surface area contributed by atoms with Crippen LogP contribution in [0.4, 0.5) is 0 Å². The topological polar surface area (TPSA) is 70.7 Å². The molecule has 1 aromatic heterocycles. The number of carbonyl (C=O) groups is 1. The Bertz CT molecular complexity index is 727. The number of nitrogens with one attached hydrogen (secondary N) is 1. The first kappa shape index (κ1) is 13.9.